The van der Waals surface area contributed by atoms with Crippen molar-refractivity contribution in [2.75, 3.05) is 16.5 Å². The predicted molar refractivity (Wildman–Crippen MR) is 136 cm³/mol. The molecule has 0 aliphatic carbocycles. The lowest BCUT2D eigenvalue weighted by Crippen LogP contribution is -2.39. The number of hydrogen-bond acceptors (Lipinski definition) is 5. The average Bonchev–Trinajstić information content (AvgIpc) is 3.38. The maximum Gasteiger partial charge on any atom is 0.259 e. The Kier molecular flexibility index (Phi) is 6.20. The van der Waals surface area contributed by atoms with Crippen LogP contribution in [-0.4, -0.2) is 30.2 Å². The van der Waals surface area contributed by atoms with Crippen LogP contribution in [0.5, 0.6) is 5.75 Å². The molecule has 34 heavy (non-hydrogen) atoms. The highest BCUT2D eigenvalue weighted by molar-refractivity contribution is 9.10. The molecule has 2 aliphatic rings. The van der Waals surface area contributed by atoms with Crippen LogP contribution in [0.1, 0.15) is 25.3 Å². The molecule has 2 heterocycles. The first kappa shape index (κ1) is 22.3. The topological polar surface area (TPSA) is 62.2 Å². The molecule has 0 N–H and O–H groups in total. The molecule has 2 amide bonds. The number of unbranched alkanes of at least 4 members (excludes halogenated alkanes) is 1. The summed E-state index contributed by atoms with van der Waals surface area (Å²) in [6.45, 7) is 2.75. The zero-order chi connectivity index (χ0) is 23.7. The first-order valence-corrected chi connectivity index (χ1v) is 12.2. The Morgan fingerprint density at radius 3 is 2.26 bits per heavy atom. The van der Waals surface area contributed by atoms with Crippen LogP contribution in [0.25, 0.3) is 0 Å². The second-order valence-electron chi connectivity index (χ2n) is 8.30. The number of nitrogens with zero attached hydrogens (tertiary/aromatic N) is 3. The van der Waals surface area contributed by atoms with Crippen molar-refractivity contribution in [2.45, 2.75) is 25.8 Å². The molecular formula is C27H24BrN3O3. The highest BCUT2D eigenvalue weighted by Crippen LogP contribution is 2.39. The van der Waals surface area contributed by atoms with Gasteiger partial charge in [0.1, 0.15) is 17.7 Å². The molecule has 172 valence electrons. The van der Waals surface area contributed by atoms with Gasteiger partial charge in [-0.3, -0.25) is 14.6 Å². The van der Waals surface area contributed by atoms with Crippen molar-refractivity contribution in [1.29, 1.82) is 0 Å². The predicted octanol–water partition coefficient (Wildman–Crippen LogP) is 5.41. The summed E-state index contributed by atoms with van der Waals surface area (Å²) in [5.41, 5.74) is 2.73. The number of carbonyl (C=O) groups excluding carboxylic acids is 2. The van der Waals surface area contributed by atoms with Crippen molar-refractivity contribution < 1.29 is 14.3 Å². The minimum atomic E-state index is -0.728. The van der Waals surface area contributed by atoms with E-state index in [1.165, 1.54) is 4.90 Å². The van der Waals surface area contributed by atoms with Crippen LogP contribution in [0, 0.1) is 5.92 Å². The molecule has 2 aliphatic heterocycles. The smallest absolute Gasteiger partial charge is 0.259 e. The van der Waals surface area contributed by atoms with Crippen LogP contribution in [0.2, 0.25) is 0 Å². The van der Waals surface area contributed by atoms with Gasteiger partial charge in [-0.1, -0.05) is 59.6 Å². The van der Waals surface area contributed by atoms with Crippen LogP contribution in [0.4, 0.5) is 11.4 Å². The van der Waals surface area contributed by atoms with Crippen LogP contribution in [-0.2, 0) is 9.59 Å². The van der Waals surface area contributed by atoms with Gasteiger partial charge in [0.15, 0.2) is 0 Å². The lowest BCUT2D eigenvalue weighted by molar-refractivity contribution is -0.121. The fourth-order valence-corrected chi connectivity index (χ4v) is 4.61. The zero-order valence-corrected chi connectivity index (χ0v) is 20.3. The zero-order valence-electron chi connectivity index (χ0n) is 18.7. The van der Waals surface area contributed by atoms with E-state index in [2.05, 4.69) is 22.9 Å². The second kappa shape index (κ2) is 9.43. The minimum Gasteiger partial charge on any atom is -0.494 e. The number of imide groups is 1. The molecule has 0 spiro atoms. The number of halogens is 1. The maximum absolute atomic E-state index is 13.7. The first-order valence-electron chi connectivity index (χ1n) is 11.4. The highest BCUT2D eigenvalue weighted by atomic mass is 79.9. The number of amides is 2. The van der Waals surface area contributed by atoms with E-state index in [4.69, 9.17) is 9.84 Å². The summed E-state index contributed by atoms with van der Waals surface area (Å²) in [5, 5.41) is 6.46. The number of benzene rings is 3. The first-order chi connectivity index (χ1) is 16.6. The minimum absolute atomic E-state index is 0.269. The van der Waals surface area contributed by atoms with Crippen molar-refractivity contribution in [1.82, 2.24) is 0 Å². The van der Waals surface area contributed by atoms with E-state index >= 15 is 0 Å². The molecular weight excluding hydrogens is 494 g/mol. The van der Waals surface area contributed by atoms with Gasteiger partial charge in [0, 0.05) is 4.47 Å². The molecule has 6 nitrogen and oxygen atoms in total. The molecule has 3 aromatic carbocycles. The van der Waals surface area contributed by atoms with Gasteiger partial charge in [-0.05, 0) is 60.5 Å². The van der Waals surface area contributed by atoms with Gasteiger partial charge < -0.3 is 4.74 Å². The van der Waals surface area contributed by atoms with Gasteiger partial charge in [-0.25, -0.2) is 4.90 Å². The van der Waals surface area contributed by atoms with E-state index in [-0.39, 0.29) is 11.8 Å². The second-order valence-corrected chi connectivity index (χ2v) is 9.22. The summed E-state index contributed by atoms with van der Waals surface area (Å²) >= 11 is 3.46. The standard InChI is InChI=1S/C27H24BrN3O3/c1-2-3-17-34-22-15-13-20(14-16-22)30-26(32)23-24(18-9-11-19(28)12-10-18)29-31(25(23)27(30)33)21-7-5-4-6-8-21/h4-16,23,25H,2-3,17H2,1H3. The average molecular weight is 518 g/mol. The summed E-state index contributed by atoms with van der Waals surface area (Å²) < 4.78 is 6.67. The highest BCUT2D eigenvalue weighted by Gasteiger charge is 2.57. The van der Waals surface area contributed by atoms with Gasteiger partial charge in [0.25, 0.3) is 5.91 Å². The fraction of sp³-hybridized carbons (Fsp3) is 0.222. The quantitative estimate of drug-likeness (QED) is 0.310. The van der Waals surface area contributed by atoms with Crippen molar-refractivity contribution in [3.05, 3.63) is 88.9 Å². The molecule has 5 rings (SSSR count). The molecule has 1 saturated heterocycles. The maximum atomic E-state index is 13.7. The third-order valence-corrected chi connectivity index (χ3v) is 6.60. The van der Waals surface area contributed by atoms with Crippen LogP contribution < -0.4 is 14.6 Å². The van der Waals surface area contributed by atoms with E-state index in [1.807, 2.05) is 54.6 Å². The molecule has 0 aromatic heterocycles. The van der Waals surface area contributed by atoms with Crippen molar-refractivity contribution in [2.24, 2.45) is 11.0 Å². The number of rotatable bonds is 7. The Morgan fingerprint density at radius 1 is 0.882 bits per heavy atom. The van der Waals surface area contributed by atoms with Crippen LogP contribution >= 0.6 is 15.9 Å². The van der Waals surface area contributed by atoms with E-state index in [0.717, 1.165) is 34.3 Å². The van der Waals surface area contributed by atoms with Crippen molar-refractivity contribution >= 4 is 44.8 Å². The van der Waals surface area contributed by atoms with Gasteiger partial charge in [0.2, 0.25) is 5.91 Å². The van der Waals surface area contributed by atoms with Crippen molar-refractivity contribution in [3.8, 4) is 5.75 Å². The summed E-state index contributed by atoms with van der Waals surface area (Å²) in [5.74, 6) is -0.516. The molecule has 0 bridgehead atoms. The summed E-state index contributed by atoms with van der Waals surface area (Å²) in [6, 6.07) is 23.6. The molecule has 2 atom stereocenters. The number of ether oxygens (including phenoxy) is 1. The Morgan fingerprint density at radius 2 is 1.59 bits per heavy atom. The largest absolute Gasteiger partial charge is 0.494 e. The lowest BCUT2D eigenvalue weighted by atomic mass is 9.93. The third kappa shape index (κ3) is 4.01. The monoisotopic (exact) mass is 517 g/mol. The number of hydrazone groups is 1. The molecule has 2 unspecified atom stereocenters. The Hall–Kier alpha value is -3.45. The SMILES string of the molecule is CCCCOc1ccc(N2C(=O)C3C(c4ccc(Br)cc4)=NN(c4ccccc4)C3C2=O)cc1. The summed E-state index contributed by atoms with van der Waals surface area (Å²) in [6.07, 6.45) is 2.03. The summed E-state index contributed by atoms with van der Waals surface area (Å²) in [7, 11) is 0. The fourth-order valence-electron chi connectivity index (χ4n) is 4.35. The molecule has 7 heteroatoms. The number of fused-ring (bicyclic) bond motifs is 1. The summed E-state index contributed by atoms with van der Waals surface area (Å²) in [4.78, 5) is 28.6. The number of anilines is 2. The lowest BCUT2D eigenvalue weighted by Gasteiger charge is -2.22. The van der Waals surface area contributed by atoms with Gasteiger partial charge >= 0.3 is 0 Å². The van der Waals surface area contributed by atoms with Crippen LogP contribution in [0.3, 0.4) is 0 Å². The van der Waals surface area contributed by atoms with E-state index in [0.29, 0.717) is 18.0 Å². The van der Waals surface area contributed by atoms with Gasteiger partial charge in [-0.15, -0.1) is 0 Å². The Balaban J connectivity index is 1.50. The Bertz CT molecular complexity index is 1230. The van der Waals surface area contributed by atoms with Crippen LogP contribution in [0.15, 0.2) is 88.4 Å². The van der Waals surface area contributed by atoms with E-state index in [9.17, 15) is 9.59 Å². The van der Waals surface area contributed by atoms with E-state index < -0.39 is 12.0 Å². The number of hydrogen-bond donors (Lipinski definition) is 0. The molecule has 3 aromatic rings. The van der Waals surface area contributed by atoms with Crippen molar-refractivity contribution in [3.63, 3.8) is 0 Å². The van der Waals surface area contributed by atoms with Gasteiger partial charge in [0.05, 0.1) is 23.7 Å². The molecule has 0 saturated carbocycles. The Labute approximate surface area is 207 Å². The normalized spacial score (nSPS) is 19.4. The number of carbonyl (C=O) groups is 2. The van der Waals surface area contributed by atoms with E-state index in [1.54, 1.807) is 29.3 Å². The molecule has 0 radical (unpaired) electrons. The number of para-hydroxylation sites is 1. The third-order valence-electron chi connectivity index (χ3n) is 6.07. The molecule has 1 fully saturated rings. The van der Waals surface area contributed by atoms with Gasteiger partial charge in [-0.2, -0.15) is 5.10 Å².